The maximum Gasteiger partial charge on any atom is 0.271 e. The van der Waals surface area contributed by atoms with E-state index in [4.69, 9.17) is 11.6 Å². The van der Waals surface area contributed by atoms with Crippen LogP contribution < -0.4 is 5.43 Å². The van der Waals surface area contributed by atoms with Crippen molar-refractivity contribution in [3.05, 3.63) is 76.1 Å². The number of benzene rings is 2. The highest BCUT2D eigenvalue weighted by atomic mass is 35.5. The van der Waals surface area contributed by atoms with Crippen LogP contribution in [0.2, 0.25) is 4.34 Å². The summed E-state index contributed by atoms with van der Waals surface area (Å²) in [5.41, 5.74) is 4.55. The summed E-state index contributed by atoms with van der Waals surface area (Å²) in [6, 6.07) is 17.9. The number of thiophene rings is 1. The summed E-state index contributed by atoms with van der Waals surface area (Å²) >= 11 is 7.68. The molecule has 4 nitrogen and oxygen atoms in total. The summed E-state index contributed by atoms with van der Waals surface area (Å²) in [4.78, 5) is 13.0. The van der Waals surface area contributed by atoms with E-state index in [1.807, 2.05) is 36.4 Å². The molecule has 0 bridgehead atoms. The number of rotatable bonds is 4. The number of carbonyl (C=O) groups is 1. The Bertz CT molecular complexity index is 891. The second-order valence-corrected chi connectivity index (χ2v) is 6.61. The standard InChI is InChI=1S/C18H13ClN2O2S/c19-17-14(10-16(24-17)12-5-2-1-3-6-12)11-20-21-18(23)13-7-4-8-15(22)9-13/h1-11,22H,(H,21,23)/b20-11+. The summed E-state index contributed by atoms with van der Waals surface area (Å²) in [5.74, 6) is -0.378. The van der Waals surface area contributed by atoms with Gasteiger partial charge in [0.1, 0.15) is 10.1 Å². The van der Waals surface area contributed by atoms with Gasteiger partial charge in [-0.3, -0.25) is 4.79 Å². The van der Waals surface area contributed by atoms with Crippen LogP contribution in [0.25, 0.3) is 10.4 Å². The number of phenolic OH excluding ortho intramolecular Hbond substituents is 1. The number of hydrogen-bond acceptors (Lipinski definition) is 4. The van der Waals surface area contributed by atoms with E-state index in [2.05, 4.69) is 10.5 Å². The van der Waals surface area contributed by atoms with Crippen LogP contribution in [-0.2, 0) is 0 Å². The van der Waals surface area contributed by atoms with Crippen molar-refractivity contribution < 1.29 is 9.90 Å². The smallest absolute Gasteiger partial charge is 0.271 e. The Morgan fingerprint density at radius 3 is 2.67 bits per heavy atom. The Hall–Kier alpha value is -2.63. The maximum absolute atomic E-state index is 11.9. The highest BCUT2D eigenvalue weighted by Crippen LogP contribution is 2.33. The first-order valence-electron chi connectivity index (χ1n) is 7.10. The average Bonchev–Trinajstić information content (AvgIpc) is 2.96. The number of hydrazone groups is 1. The third kappa shape index (κ3) is 3.82. The third-order valence-electron chi connectivity index (χ3n) is 3.25. The molecule has 1 heterocycles. The van der Waals surface area contributed by atoms with E-state index in [-0.39, 0.29) is 5.75 Å². The molecule has 0 saturated carbocycles. The SMILES string of the molecule is O=C(N/N=C/c1cc(-c2ccccc2)sc1Cl)c1cccc(O)c1. The van der Waals surface area contributed by atoms with Gasteiger partial charge in [-0.15, -0.1) is 11.3 Å². The lowest BCUT2D eigenvalue weighted by Crippen LogP contribution is -2.17. The molecule has 2 N–H and O–H groups in total. The normalized spacial score (nSPS) is 10.9. The molecule has 120 valence electrons. The quantitative estimate of drug-likeness (QED) is 0.532. The van der Waals surface area contributed by atoms with Gasteiger partial charge in [-0.25, -0.2) is 5.43 Å². The van der Waals surface area contributed by atoms with Crippen molar-refractivity contribution in [2.24, 2.45) is 5.10 Å². The Morgan fingerprint density at radius 2 is 1.92 bits per heavy atom. The van der Waals surface area contributed by atoms with Crippen LogP contribution in [0.15, 0.2) is 65.8 Å². The van der Waals surface area contributed by atoms with Gasteiger partial charge in [-0.2, -0.15) is 5.10 Å². The maximum atomic E-state index is 11.9. The third-order valence-corrected chi connectivity index (χ3v) is 4.69. The van der Waals surface area contributed by atoms with Crippen LogP contribution >= 0.6 is 22.9 Å². The van der Waals surface area contributed by atoms with Gasteiger partial charge in [-0.05, 0) is 29.8 Å². The topological polar surface area (TPSA) is 61.7 Å². The molecular weight excluding hydrogens is 344 g/mol. The minimum atomic E-state index is -0.406. The zero-order valence-corrected chi connectivity index (χ0v) is 14.0. The molecule has 0 spiro atoms. The Kier molecular flexibility index (Phi) is 4.93. The number of halogens is 1. The van der Waals surface area contributed by atoms with Crippen molar-refractivity contribution in [2.75, 3.05) is 0 Å². The van der Waals surface area contributed by atoms with Crippen LogP contribution in [0.3, 0.4) is 0 Å². The van der Waals surface area contributed by atoms with Crippen LogP contribution in [0.4, 0.5) is 0 Å². The van der Waals surface area contributed by atoms with Crippen molar-refractivity contribution in [3.63, 3.8) is 0 Å². The number of nitrogens with one attached hydrogen (secondary N) is 1. The first-order chi connectivity index (χ1) is 11.6. The average molecular weight is 357 g/mol. The van der Waals surface area contributed by atoms with Gasteiger partial charge in [-0.1, -0.05) is 48.0 Å². The Balaban J connectivity index is 1.71. The van der Waals surface area contributed by atoms with Crippen molar-refractivity contribution >= 4 is 35.1 Å². The molecule has 6 heteroatoms. The number of hydrogen-bond donors (Lipinski definition) is 2. The molecule has 0 aliphatic heterocycles. The lowest BCUT2D eigenvalue weighted by atomic mass is 10.2. The van der Waals surface area contributed by atoms with Crippen LogP contribution in [0.1, 0.15) is 15.9 Å². The van der Waals surface area contributed by atoms with E-state index >= 15 is 0 Å². The fraction of sp³-hybridized carbons (Fsp3) is 0. The molecule has 0 fully saturated rings. The van der Waals surface area contributed by atoms with Crippen molar-refractivity contribution in [3.8, 4) is 16.2 Å². The van der Waals surface area contributed by atoms with Gasteiger partial charge in [0.15, 0.2) is 0 Å². The summed E-state index contributed by atoms with van der Waals surface area (Å²) in [6.45, 7) is 0. The van der Waals surface area contributed by atoms with Gasteiger partial charge < -0.3 is 5.11 Å². The summed E-state index contributed by atoms with van der Waals surface area (Å²) < 4.78 is 0.601. The van der Waals surface area contributed by atoms with Gasteiger partial charge in [0.25, 0.3) is 5.91 Å². The molecule has 24 heavy (non-hydrogen) atoms. The van der Waals surface area contributed by atoms with E-state index in [0.717, 1.165) is 16.0 Å². The summed E-state index contributed by atoms with van der Waals surface area (Å²) in [5, 5.41) is 13.3. The number of aromatic hydroxyl groups is 1. The predicted molar refractivity (Wildman–Crippen MR) is 97.9 cm³/mol. The van der Waals surface area contributed by atoms with Gasteiger partial charge in [0, 0.05) is 16.0 Å². The fourth-order valence-electron chi connectivity index (χ4n) is 2.09. The summed E-state index contributed by atoms with van der Waals surface area (Å²) in [6.07, 6.45) is 1.51. The highest BCUT2D eigenvalue weighted by Gasteiger charge is 2.08. The Morgan fingerprint density at radius 1 is 1.12 bits per heavy atom. The van der Waals surface area contributed by atoms with Crippen molar-refractivity contribution in [1.82, 2.24) is 5.43 Å². The number of carbonyl (C=O) groups excluding carboxylic acids is 1. The van der Waals surface area contributed by atoms with Crippen LogP contribution in [0.5, 0.6) is 5.75 Å². The molecular formula is C18H13ClN2O2S. The molecule has 0 aliphatic rings. The van der Waals surface area contributed by atoms with Crippen molar-refractivity contribution in [2.45, 2.75) is 0 Å². The molecule has 0 radical (unpaired) electrons. The number of phenols is 1. The second kappa shape index (κ2) is 7.29. The second-order valence-electron chi connectivity index (χ2n) is 4.96. The minimum Gasteiger partial charge on any atom is -0.508 e. The molecule has 3 rings (SSSR count). The summed E-state index contributed by atoms with van der Waals surface area (Å²) in [7, 11) is 0. The largest absolute Gasteiger partial charge is 0.508 e. The van der Waals surface area contributed by atoms with Crippen LogP contribution in [-0.4, -0.2) is 17.2 Å². The van der Waals surface area contributed by atoms with Crippen molar-refractivity contribution in [1.29, 1.82) is 0 Å². The Labute approximate surface area is 148 Å². The molecule has 0 aliphatic carbocycles. The first-order valence-corrected chi connectivity index (χ1v) is 8.30. The van der Waals surface area contributed by atoms with Gasteiger partial charge in [0.05, 0.1) is 6.21 Å². The van der Waals surface area contributed by atoms with E-state index < -0.39 is 5.91 Å². The molecule has 2 aromatic carbocycles. The number of nitrogens with zero attached hydrogens (tertiary/aromatic N) is 1. The number of amides is 1. The predicted octanol–water partition coefficient (Wildman–Crippen LogP) is 4.54. The fourth-order valence-corrected chi connectivity index (χ4v) is 3.30. The van der Waals surface area contributed by atoms with E-state index in [9.17, 15) is 9.90 Å². The molecule has 1 aromatic heterocycles. The monoisotopic (exact) mass is 356 g/mol. The molecule has 3 aromatic rings. The minimum absolute atomic E-state index is 0.0278. The van der Waals surface area contributed by atoms with Crippen LogP contribution in [0, 0.1) is 0 Å². The molecule has 0 saturated heterocycles. The first kappa shape index (κ1) is 16.2. The van der Waals surface area contributed by atoms with Gasteiger partial charge >= 0.3 is 0 Å². The zero-order chi connectivity index (χ0) is 16.9. The van der Waals surface area contributed by atoms with E-state index in [1.54, 1.807) is 12.1 Å². The van der Waals surface area contributed by atoms with E-state index in [0.29, 0.717) is 9.90 Å². The zero-order valence-electron chi connectivity index (χ0n) is 12.4. The van der Waals surface area contributed by atoms with E-state index in [1.165, 1.54) is 29.7 Å². The lowest BCUT2D eigenvalue weighted by molar-refractivity contribution is 0.0954. The molecule has 0 unspecified atom stereocenters. The highest BCUT2D eigenvalue weighted by molar-refractivity contribution is 7.19. The molecule has 1 amide bonds. The lowest BCUT2D eigenvalue weighted by Gasteiger charge is -1.99. The molecule has 0 atom stereocenters. The van der Waals surface area contributed by atoms with Gasteiger partial charge in [0.2, 0.25) is 0 Å².